The number of rotatable bonds is 4. The van der Waals surface area contributed by atoms with Gasteiger partial charge in [-0.25, -0.2) is 0 Å². The first-order chi connectivity index (χ1) is 9.61. The Balaban J connectivity index is 1.92. The van der Waals surface area contributed by atoms with Crippen LogP contribution in [0.15, 0.2) is 35.9 Å². The molecular weight excluding hydrogens is 250 g/mol. The molecule has 1 heterocycles. The minimum absolute atomic E-state index is 0.125. The van der Waals surface area contributed by atoms with Crippen LogP contribution in [0, 0.1) is 0 Å². The third-order valence-corrected chi connectivity index (χ3v) is 3.99. The monoisotopic (exact) mass is 275 g/mol. The van der Waals surface area contributed by atoms with Crippen molar-refractivity contribution in [3.63, 3.8) is 0 Å². The zero-order valence-electron chi connectivity index (χ0n) is 12.3. The summed E-state index contributed by atoms with van der Waals surface area (Å²) in [6.07, 6.45) is 4.50. The smallest absolute Gasteiger partial charge is 0.0890 e. The summed E-state index contributed by atoms with van der Waals surface area (Å²) < 4.78 is 0. The highest BCUT2D eigenvalue weighted by Crippen LogP contribution is 2.22. The zero-order chi connectivity index (χ0) is 14.4. The highest BCUT2D eigenvalue weighted by atomic mass is 16.3. The van der Waals surface area contributed by atoms with Crippen molar-refractivity contribution < 1.29 is 10.2 Å². The Labute approximate surface area is 121 Å². The van der Waals surface area contributed by atoms with Crippen molar-refractivity contribution in [3.8, 4) is 0 Å². The Morgan fingerprint density at radius 3 is 2.70 bits per heavy atom. The summed E-state index contributed by atoms with van der Waals surface area (Å²) in [6, 6.07) is 10.3. The summed E-state index contributed by atoms with van der Waals surface area (Å²) in [4.78, 5) is 2.36. The van der Waals surface area contributed by atoms with Crippen LogP contribution in [0.5, 0.6) is 0 Å². The van der Waals surface area contributed by atoms with Crippen molar-refractivity contribution in [2.75, 3.05) is 26.2 Å². The molecule has 3 nitrogen and oxygen atoms in total. The third-order valence-electron chi connectivity index (χ3n) is 3.99. The number of aliphatic hydroxyl groups excluding tert-OH is 1. The molecule has 1 aliphatic heterocycles. The molecule has 1 saturated heterocycles. The quantitative estimate of drug-likeness (QED) is 0.886. The second kappa shape index (κ2) is 7.02. The van der Waals surface area contributed by atoms with Crippen molar-refractivity contribution in [2.24, 2.45) is 0 Å². The molecule has 1 aromatic carbocycles. The van der Waals surface area contributed by atoms with Gasteiger partial charge in [0.05, 0.1) is 12.2 Å². The van der Waals surface area contributed by atoms with Gasteiger partial charge in [-0.1, -0.05) is 42.0 Å². The summed E-state index contributed by atoms with van der Waals surface area (Å²) >= 11 is 0. The highest BCUT2D eigenvalue weighted by molar-refractivity contribution is 5.52. The Morgan fingerprint density at radius 2 is 2.00 bits per heavy atom. The predicted octanol–water partition coefficient (Wildman–Crippen LogP) is 2.30. The third kappa shape index (κ3) is 4.44. The van der Waals surface area contributed by atoms with Gasteiger partial charge in [-0.3, -0.25) is 4.90 Å². The van der Waals surface area contributed by atoms with Gasteiger partial charge in [0.1, 0.15) is 0 Å². The first-order valence-corrected chi connectivity index (χ1v) is 7.39. The lowest BCUT2D eigenvalue weighted by Crippen LogP contribution is -2.35. The molecule has 0 amide bonds. The van der Waals surface area contributed by atoms with Crippen molar-refractivity contribution in [2.45, 2.75) is 31.8 Å². The minimum atomic E-state index is -0.869. The van der Waals surface area contributed by atoms with Crippen LogP contribution in [-0.2, 0) is 0 Å². The standard InChI is InChI=1S/C17H25NO2/c1-15(12-16-6-3-2-4-7-16)13-18-10-5-8-17(20,14-19)9-11-18/h2-4,6-7,12,19-20H,5,8-11,13-14H2,1H3/b15-12+. The maximum absolute atomic E-state index is 10.2. The number of hydrogen-bond acceptors (Lipinski definition) is 3. The number of hydrogen-bond donors (Lipinski definition) is 2. The fourth-order valence-corrected chi connectivity index (χ4v) is 2.78. The van der Waals surface area contributed by atoms with Gasteiger partial charge in [0, 0.05) is 13.1 Å². The van der Waals surface area contributed by atoms with E-state index in [0.29, 0.717) is 12.8 Å². The van der Waals surface area contributed by atoms with Crippen LogP contribution in [0.2, 0.25) is 0 Å². The minimum Gasteiger partial charge on any atom is -0.393 e. The summed E-state index contributed by atoms with van der Waals surface area (Å²) in [7, 11) is 0. The fourth-order valence-electron chi connectivity index (χ4n) is 2.78. The Bertz CT molecular complexity index is 444. The highest BCUT2D eigenvalue weighted by Gasteiger charge is 2.29. The predicted molar refractivity (Wildman–Crippen MR) is 82.4 cm³/mol. The topological polar surface area (TPSA) is 43.7 Å². The molecule has 3 heteroatoms. The van der Waals surface area contributed by atoms with Crippen LogP contribution < -0.4 is 0 Å². The van der Waals surface area contributed by atoms with Crippen LogP contribution in [0.1, 0.15) is 31.7 Å². The summed E-state index contributed by atoms with van der Waals surface area (Å²) in [5, 5.41) is 19.4. The number of aliphatic hydroxyl groups is 2. The van der Waals surface area contributed by atoms with Gasteiger partial charge in [0.25, 0.3) is 0 Å². The van der Waals surface area contributed by atoms with Gasteiger partial charge >= 0.3 is 0 Å². The average Bonchev–Trinajstić information content (AvgIpc) is 2.63. The zero-order valence-corrected chi connectivity index (χ0v) is 12.3. The molecule has 2 N–H and O–H groups in total. The number of nitrogens with zero attached hydrogens (tertiary/aromatic N) is 1. The molecule has 0 bridgehead atoms. The maximum Gasteiger partial charge on any atom is 0.0890 e. The Hall–Kier alpha value is -1.16. The molecule has 2 rings (SSSR count). The van der Waals surface area contributed by atoms with E-state index < -0.39 is 5.60 Å². The molecule has 1 aromatic rings. The molecule has 0 aliphatic carbocycles. The van der Waals surface area contributed by atoms with Crippen LogP contribution >= 0.6 is 0 Å². The lowest BCUT2D eigenvalue weighted by atomic mass is 9.96. The SMILES string of the molecule is C/C(=C\c1ccccc1)CN1CCCC(O)(CO)CC1. The van der Waals surface area contributed by atoms with E-state index in [1.165, 1.54) is 11.1 Å². The largest absolute Gasteiger partial charge is 0.393 e. The second-order valence-electron chi connectivity index (χ2n) is 5.91. The number of likely N-dealkylation sites (tertiary alicyclic amines) is 1. The lowest BCUT2D eigenvalue weighted by molar-refractivity contribution is -0.0252. The molecule has 1 fully saturated rings. The van der Waals surface area contributed by atoms with E-state index in [1.807, 2.05) is 18.2 Å². The molecule has 0 aromatic heterocycles. The van der Waals surface area contributed by atoms with Crippen LogP contribution in [0.4, 0.5) is 0 Å². The van der Waals surface area contributed by atoms with Gasteiger partial charge in [0.15, 0.2) is 0 Å². The summed E-state index contributed by atoms with van der Waals surface area (Å²) in [5.41, 5.74) is 1.68. The first kappa shape index (κ1) is 15.2. The molecule has 1 aliphatic rings. The molecule has 0 spiro atoms. The summed E-state index contributed by atoms with van der Waals surface area (Å²) in [6.45, 7) is 4.78. The van der Waals surface area contributed by atoms with Crippen molar-refractivity contribution in [1.29, 1.82) is 0 Å². The maximum atomic E-state index is 10.2. The van der Waals surface area contributed by atoms with E-state index >= 15 is 0 Å². The Morgan fingerprint density at radius 1 is 1.25 bits per heavy atom. The van der Waals surface area contributed by atoms with E-state index in [4.69, 9.17) is 0 Å². The van der Waals surface area contributed by atoms with Crippen LogP contribution in [0.25, 0.3) is 6.08 Å². The average molecular weight is 275 g/mol. The van der Waals surface area contributed by atoms with E-state index in [2.05, 4.69) is 30.0 Å². The van der Waals surface area contributed by atoms with Crippen LogP contribution in [0.3, 0.4) is 0 Å². The Kier molecular flexibility index (Phi) is 5.35. The van der Waals surface area contributed by atoms with Gasteiger partial charge in [-0.2, -0.15) is 0 Å². The number of benzene rings is 1. The van der Waals surface area contributed by atoms with Gasteiger partial charge in [-0.15, -0.1) is 0 Å². The van der Waals surface area contributed by atoms with Crippen molar-refractivity contribution in [1.82, 2.24) is 4.90 Å². The van der Waals surface area contributed by atoms with Crippen molar-refractivity contribution >= 4 is 6.08 Å². The fraction of sp³-hybridized carbons (Fsp3) is 0.529. The van der Waals surface area contributed by atoms with Crippen molar-refractivity contribution in [3.05, 3.63) is 41.5 Å². The molecule has 110 valence electrons. The summed E-state index contributed by atoms with van der Waals surface area (Å²) in [5.74, 6) is 0. The van der Waals surface area contributed by atoms with E-state index in [1.54, 1.807) is 0 Å². The molecular formula is C17H25NO2. The van der Waals surface area contributed by atoms with Gasteiger partial charge < -0.3 is 10.2 Å². The van der Waals surface area contributed by atoms with Gasteiger partial charge in [0.2, 0.25) is 0 Å². The molecule has 1 atom stereocenters. The van der Waals surface area contributed by atoms with E-state index in [0.717, 1.165) is 26.1 Å². The molecule has 20 heavy (non-hydrogen) atoms. The first-order valence-electron chi connectivity index (χ1n) is 7.39. The second-order valence-corrected chi connectivity index (χ2v) is 5.91. The molecule has 1 unspecified atom stereocenters. The molecule has 0 radical (unpaired) electrons. The normalized spacial score (nSPS) is 25.4. The van der Waals surface area contributed by atoms with E-state index in [9.17, 15) is 10.2 Å². The van der Waals surface area contributed by atoms with E-state index in [-0.39, 0.29) is 6.61 Å². The van der Waals surface area contributed by atoms with Crippen LogP contribution in [-0.4, -0.2) is 47.0 Å². The lowest BCUT2D eigenvalue weighted by Gasteiger charge is -2.24. The van der Waals surface area contributed by atoms with Gasteiger partial charge in [-0.05, 0) is 38.3 Å². The molecule has 0 saturated carbocycles.